The number of hydrogen-bond donors (Lipinski definition) is 1. The van der Waals surface area contributed by atoms with E-state index in [2.05, 4.69) is 0 Å². The lowest BCUT2D eigenvalue weighted by atomic mass is 9.96. The molecule has 1 N–H and O–H groups in total. The number of rotatable bonds is 4. The van der Waals surface area contributed by atoms with Crippen molar-refractivity contribution in [1.82, 2.24) is 0 Å². The summed E-state index contributed by atoms with van der Waals surface area (Å²) in [6, 6.07) is 9.91. The van der Waals surface area contributed by atoms with Crippen LogP contribution in [0.1, 0.15) is 32.3 Å². The van der Waals surface area contributed by atoms with Crippen molar-refractivity contribution in [3.8, 4) is 0 Å². The van der Waals surface area contributed by atoms with Crippen LogP contribution in [0.4, 0.5) is 0 Å². The molecule has 0 heterocycles. The fourth-order valence-corrected chi connectivity index (χ4v) is 1.93. The molecule has 3 nitrogen and oxygen atoms in total. The van der Waals surface area contributed by atoms with Gasteiger partial charge in [0.1, 0.15) is 0 Å². The Morgan fingerprint density at radius 1 is 1.35 bits per heavy atom. The summed E-state index contributed by atoms with van der Waals surface area (Å²) in [5, 5.41) is 9.50. The van der Waals surface area contributed by atoms with Crippen molar-refractivity contribution >= 4 is 5.97 Å². The zero-order chi connectivity index (χ0) is 12.5. The highest BCUT2D eigenvalue weighted by molar-refractivity contribution is 5.80. The Morgan fingerprint density at radius 2 is 1.94 bits per heavy atom. The van der Waals surface area contributed by atoms with Crippen molar-refractivity contribution in [1.29, 1.82) is 0 Å². The van der Waals surface area contributed by atoms with Crippen molar-refractivity contribution in [2.45, 2.75) is 38.9 Å². The Kier molecular flexibility index (Phi) is 2.96. The molecule has 0 aliphatic heterocycles. The molecule has 1 fully saturated rings. The third kappa shape index (κ3) is 3.07. The molecule has 1 aliphatic rings. The van der Waals surface area contributed by atoms with E-state index in [1.807, 2.05) is 30.3 Å². The Labute approximate surface area is 101 Å². The molecule has 1 saturated carbocycles. The first-order chi connectivity index (χ1) is 7.91. The molecule has 1 aromatic carbocycles. The lowest BCUT2D eigenvalue weighted by Gasteiger charge is -2.22. The van der Waals surface area contributed by atoms with Crippen molar-refractivity contribution < 1.29 is 14.6 Å². The summed E-state index contributed by atoms with van der Waals surface area (Å²) in [6.45, 7) is 2.95. The van der Waals surface area contributed by atoms with Gasteiger partial charge in [-0.2, -0.15) is 0 Å². The van der Waals surface area contributed by atoms with Gasteiger partial charge in [0.25, 0.3) is 0 Å². The monoisotopic (exact) mass is 234 g/mol. The summed E-state index contributed by atoms with van der Waals surface area (Å²) in [7, 11) is 0. The average Bonchev–Trinajstić information content (AvgIpc) is 2.98. The van der Waals surface area contributed by atoms with E-state index in [0.29, 0.717) is 6.42 Å². The summed E-state index contributed by atoms with van der Waals surface area (Å²) in [6.07, 6.45) is 2.39. The summed E-state index contributed by atoms with van der Waals surface area (Å²) >= 11 is 0. The summed E-state index contributed by atoms with van der Waals surface area (Å²) < 4.78 is 5.05. The van der Waals surface area contributed by atoms with E-state index in [0.717, 1.165) is 18.4 Å². The fraction of sp³-hybridized carbons (Fsp3) is 0.500. The van der Waals surface area contributed by atoms with E-state index < -0.39 is 11.2 Å². The van der Waals surface area contributed by atoms with Gasteiger partial charge in [-0.25, -0.2) is 0 Å². The van der Waals surface area contributed by atoms with Crippen LogP contribution in [0.3, 0.4) is 0 Å². The van der Waals surface area contributed by atoms with Gasteiger partial charge in [0.15, 0.2) is 0 Å². The summed E-state index contributed by atoms with van der Waals surface area (Å²) in [4.78, 5) is 12.0. The first kappa shape index (κ1) is 12.1. The second-order valence-corrected chi connectivity index (χ2v) is 5.28. The second-order valence-electron chi connectivity index (χ2n) is 5.28. The molecule has 3 heteroatoms. The first-order valence-corrected chi connectivity index (χ1v) is 5.91. The highest BCUT2D eigenvalue weighted by atomic mass is 16.7. The second kappa shape index (κ2) is 4.15. The van der Waals surface area contributed by atoms with E-state index in [1.54, 1.807) is 0 Å². The highest BCUT2D eigenvalue weighted by Crippen LogP contribution is 2.49. The largest absolute Gasteiger partial charge is 0.433 e. The Balaban J connectivity index is 2.03. The molecule has 2 rings (SSSR count). The zero-order valence-corrected chi connectivity index (χ0v) is 10.3. The van der Waals surface area contributed by atoms with Crippen LogP contribution in [0, 0.1) is 5.41 Å². The van der Waals surface area contributed by atoms with Crippen LogP contribution in [0.25, 0.3) is 0 Å². The van der Waals surface area contributed by atoms with E-state index in [9.17, 15) is 9.90 Å². The lowest BCUT2D eigenvalue weighted by Crippen LogP contribution is -2.32. The van der Waals surface area contributed by atoms with Crippen molar-refractivity contribution in [3.05, 3.63) is 35.9 Å². The SMILES string of the molecule is CC(C)(O)OC(=O)C1(Cc2ccccc2)CC1. The molecule has 0 atom stereocenters. The predicted molar refractivity (Wildman–Crippen MR) is 64.2 cm³/mol. The number of carbonyl (C=O) groups is 1. The molecule has 0 bridgehead atoms. The predicted octanol–water partition coefficient (Wildman–Crippen LogP) is 2.28. The van der Waals surface area contributed by atoms with Gasteiger partial charge in [-0.15, -0.1) is 0 Å². The lowest BCUT2D eigenvalue weighted by molar-refractivity contribution is -0.201. The van der Waals surface area contributed by atoms with Crippen LogP contribution in [0.2, 0.25) is 0 Å². The molecule has 0 aromatic heterocycles. The zero-order valence-electron chi connectivity index (χ0n) is 10.3. The molecule has 0 radical (unpaired) electrons. The Hall–Kier alpha value is -1.35. The van der Waals surface area contributed by atoms with Crippen LogP contribution < -0.4 is 0 Å². The van der Waals surface area contributed by atoms with Gasteiger partial charge in [-0.1, -0.05) is 30.3 Å². The molecule has 92 valence electrons. The number of carbonyl (C=O) groups excluding carboxylic acids is 1. The maximum Gasteiger partial charge on any atom is 0.314 e. The number of aliphatic hydroxyl groups is 1. The van der Waals surface area contributed by atoms with E-state index in [1.165, 1.54) is 13.8 Å². The Morgan fingerprint density at radius 3 is 2.41 bits per heavy atom. The normalized spacial score (nSPS) is 17.6. The van der Waals surface area contributed by atoms with Gasteiger partial charge in [0.05, 0.1) is 5.41 Å². The van der Waals surface area contributed by atoms with Gasteiger partial charge in [0.2, 0.25) is 5.79 Å². The standard InChI is InChI=1S/C14H18O3/c1-13(2,16)17-12(15)14(8-9-14)10-11-6-4-3-5-7-11/h3-7,16H,8-10H2,1-2H3. The minimum Gasteiger partial charge on any atom is -0.433 e. The third-order valence-electron chi connectivity index (χ3n) is 3.01. The number of hydrogen-bond acceptors (Lipinski definition) is 3. The summed E-state index contributed by atoms with van der Waals surface area (Å²) in [5.41, 5.74) is 0.735. The van der Waals surface area contributed by atoms with Crippen LogP contribution in [-0.4, -0.2) is 16.9 Å². The van der Waals surface area contributed by atoms with Crippen molar-refractivity contribution in [3.63, 3.8) is 0 Å². The van der Waals surface area contributed by atoms with E-state index in [-0.39, 0.29) is 5.97 Å². The molecular formula is C14H18O3. The van der Waals surface area contributed by atoms with Gasteiger partial charge in [0, 0.05) is 13.8 Å². The van der Waals surface area contributed by atoms with E-state index in [4.69, 9.17) is 4.74 Å². The molecule has 0 amide bonds. The first-order valence-electron chi connectivity index (χ1n) is 5.91. The quantitative estimate of drug-likeness (QED) is 0.642. The van der Waals surface area contributed by atoms with Gasteiger partial charge in [-0.05, 0) is 24.8 Å². The average molecular weight is 234 g/mol. The topological polar surface area (TPSA) is 46.5 Å². The van der Waals surface area contributed by atoms with Gasteiger partial charge in [-0.3, -0.25) is 4.79 Å². The van der Waals surface area contributed by atoms with Gasteiger partial charge < -0.3 is 9.84 Å². The maximum absolute atomic E-state index is 12.0. The molecule has 1 aliphatic carbocycles. The molecule has 0 spiro atoms. The maximum atomic E-state index is 12.0. The van der Waals surface area contributed by atoms with E-state index >= 15 is 0 Å². The molecule has 0 saturated heterocycles. The number of esters is 1. The molecule has 17 heavy (non-hydrogen) atoms. The van der Waals surface area contributed by atoms with Crippen LogP contribution >= 0.6 is 0 Å². The minimum absolute atomic E-state index is 0.283. The molecular weight excluding hydrogens is 216 g/mol. The van der Waals surface area contributed by atoms with Gasteiger partial charge >= 0.3 is 5.97 Å². The van der Waals surface area contributed by atoms with Crippen LogP contribution in [0.15, 0.2) is 30.3 Å². The summed E-state index contributed by atoms with van der Waals surface area (Å²) in [5.74, 6) is -1.67. The fourth-order valence-electron chi connectivity index (χ4n) is 1.93. The van der Waals surface area contributed by atoms with Crippen molar-refractivity contribution in [2.24, 2.45) is 5.41 Å². The highest BCUT2D eigenvalue weighted by Gasteiger charge is 2.52. The Bertz CT molecular complexity index is 399. The third-order valence-corrected chi connectivity index (χ3v) is 3.01. The van der Waals surface area contributed by atoms with Crippen LogP contribution in [-0.2, 0) is 16.0 Å². The number of benzene rings is 1. The molecule has 1 aromatic rings. The minimum atomic E-state index is -1.39. The van der Waals surface area contributed by atoms with Crippen molar-refractivity contribution in [2.75, 3.05) is 0 Å². The van der Waals surface area contributed by atoms with Crippen LogP contribution in [0.5, 0.6) is 0 Å². The smallest absolute Gasteiger partial charge is 0.314 e. The number of ether oxygens (including phenoxy) is 1. The molecule has 0 unspecified atom stereocenters.